The van der Waals surface area contributed by atoms with Crippen molar-refractivity contribution in [2.45, 2.75) is 62.8 Å². The lowest BCUT2D eigenvalue weighted by Crippen LogP contribution is -2.62. The SMILES string of the molecule is CCS[C@@H]1OC2COC(c3ccccc3)O[C@H]2[C@@H](O)C1OC(=O)CCC(C)=O. The van der Waals surface area contributed by atoms with Crippen molar-refractivity contribution in [3.8, 4) is 0 Å². The Labute approximate surface area is 168 Å². The highest BCUT2D eigenvalue weighted by Gasteiger charge is 2.51. The molecule has 0 radical (unpaired) electrons. The number of ketones is 1. The van der Waals surface area contributed by atoms with Gasteiger partial charge < -0.3 is 28.8 Å². The van der Waals surface area contributed by atoms with Crippen molar-refractivity contribution in [2.75, 3.05) is 12.4 Å². The third-order valence-corrected chi connectivity index (χ3v) is 5.70. The van der Waals surface area contributed by atoms with Gasteiger partial charge in [0.15, 0.2) is 12.4 Å². The van der Waals surface area contributed by atoms with Crippen LogP contribution in [0.25, 0.3) is 0 Å². The van der Waals surface area contributed by atoms with E-state index in [2.05, 4.69) is 0 Å². The number of ether oxygens (including phenoxy) is 4. The number of aliphatic hydroxyl groups is 1. The minimum Gasteiger partial charge on any atom is -0.456 e. The molecule has 3 rings (SSSR count). The second-order valence-electron chi connectivity index (χ2n) is 6.82. The standard InChI is InChI=1S/C20H26O7S/c1-3-28-20-18(26-15(22)10-9-12(2)21)16(23)17-14(25-20)11-24-19(27-17)13-7-5-4-6-8-13/h4-8,14,16-20,23H,3,9-11H2,1-2H3/t14?,16-,17-,18?,19?,20+/m1/s1. The van der Waals surface area contributed by atoms with Crippen LogP contribution in [0.5, 0.6) is 0 Å². The Hall–Kier alpha value is -1.45. The molecule has 8 heteroatoms. The number of rotatable bonds is 7. The summed E-state index contributed by atoms with van der Waals surface area (Å²) >= 11 is 1.45. The van der Waals surface area contributed by atoms with Crippen LogP contribution in [0.1, 0.15) is 38.5 Å². The van der Waals surface area contributed by atoms with Crippen LogP contribution in [0.2, 0.25) is 0 Å². The molecule has 28 heavy (non-hydrogen) atoms. The van der Waals surface area contributed by atoms with Gasteiger partial charge in [-0.2, -0.15) is 0 Å². The van der Waals surface area contributed by atoms with Gasteiger partial charge in [-0.3, -0.25) is 4.79 Å². The summed E-state index contributed by atoms with van der Waals surface area (Å²) < 4.78 is 23.3. The number of carbonyl (C=O) groups is 2. The van der Waals surface area contributed by atoms with Crippen LogP contribution in [0.3, 0.4) is 0 Å². The number of benzene rings is 1. The Morgan fingerprint density at radius 1 is 1.21 bits per heavy atom. The van der Waals surface area contributed by atoms with Crippen LogP contribution in [-0.2, 0) is 28.5 Å². The molecule has 1 N–H and O–H groups in total. The van der Waals surface area contributed by atoms with Crippen LogP contribution in [0, 0.1) is 0 Å². The molecule has 2 aliphatic heterocycles. The molecule has 0 amide bonds. The fraction of sp³-hybridized carbons (Fsp3) is 0.600. The zero-order valence-corrected chi connectivity index (χ0v) is 16.8. The van der Waals surface area contributed by atoms with Gasteiger partial charge in [0.05, 0.1) is 13.0 Å². The minimum atomic E-state index is -1.06. The molecule has 0 bridgehead atoms. The average molecular weight is 410 g/mol. The van der Waals surface area contributed by atoms with Crippen molar-refractivity contribution in [2.24, 2.45) is 0 Å². The predicted molar refractivity (Wildman–Crippen MR) is 103 cm³/mol. The van der Waals surface area contributed by atoms with Gasteiger partial charge >= 0.3 is 5.97 Å². The maximum Gasteiger partial charge on any atom is 0.306 e. The Morgan fingerprint density at radius 3 is 2.64 bits per heavy atom. The molecule has 0 aliphatic carbocycles. The average Bonchev–Trinajstić information content (AvgIpc) is 2.70. The minimum absolute atomic E-state index is 0.0211. The third-order valence-electron chi connectivity index (χ3n) is 4.66. The maximum absolute atomic E-state index is 12.1. The summed E-state index contributed by atoms with van der Waals surface area (Å²) in [7, 11) is 0. The first kappa shape index (κ1) is 21.3. The fourth-order valence-corrected chi connectivity index (χ4v) is 4.21. The Balaban J connectivity index is 1.70. The summed E-state index contributed by atoms with van der Waals surface area (Å²) in [5.74, 6) is 0.107. The first-order chi connectivity index (χ1) is 13.5. The Morgan fingerprint density at radius 2 is 1.96 bits per heavy atom. The highest BCUT2D eigenvalue weighted by molar-refractivity contribution is 7.99. The van der Waals surface area contributed by atoms with E-state index in [1.54, 1.807) is 0 Å². The normalized spacial score (nSPS) is 32.4. The van der Waals surface area contributed by atoms with Crippen LogP contribution in [0.15, 0.2) is 30.3 Å². The number of aliphatic hydroxyl groups excluding tert-OH is 1. The second-order valence-corrected chi connectivity index (χ2v) is 8.20. The second kappa shape index (κ2) is 9.84. The molecule has 7 nitrogen and oxygen atoms in total. The van der Waals surface area contributed by atoms with Crippen molar-refractivity contribution in [3.05, 3.63) is 35.9 Å². The number of hydrogen-bond donors (Lipinski definition) is 1. The van der Waals surface area contributed by atoms with E-state index < -0.39 is 42.1 Å². The van der Waals surface area contributed by atoms with E-state index in [1.165, 1.54) is 18.7 Å². The summed E-state index contributed by atoms with van der Waals surface area (Å²) in [4.78, 5) is 23.3. The number of carbonyl (C=O) groups excluding carboxylic acids is 2. The van der Waals surface area contributed by atoms with E-state index in [0.29, 0.717) is 0 Å². The molecular weight excluding hydrogens is 384 g/mol. The molecule has 0 aromatic heterocycles. The molecule has 6 atom stereocenters. The van der Waals surface area contributed by atoms with Gasteiger partial charge in [-0.25, -0.2) is 0 Å². The monoisotopic (exact) mass is 410 g/mol. The van der Waals surface area contributed by atoms with Crippen molar-refractivity contribution >= 4 is 23.5 Å². The van der Waals surface area contributed by atoms with Gasteiger partial charge in [0.25, 0.3) is 0 Å². The van der Waals surface area contributed by atoms with Crippen molar-refractivity contribution < 1.29 is 33.6 Å². The Bertz CT molecular complexity index is 668. The first-order valence-corrected chi connectivity index (χ1v) is 10.5. The van der Waals surface area contributed by atoms with E-state index in [1.807, 2.05) is 37.3 Å². The lowest BCUT2D eigenvalue weighted by atomic mass is 9.98. The van der Waals surface area contributed by atoms with Gasteiger partial charge in [0, 0.05) is 12.0 Å². The number of esters is 1. The van der Waals surface area contributed by atoms with E-state index in [-0.39, 0.29) is 25.2 Å². The predicted octanol–water partition coefficient (Wildman–Crippen LogP) is 2.22. The molecular formula is C20H26O7S. The van der Waals surface area contributed by atoms with E-state index in [4.69, 9.17) is 18.9 Å². The maximum atomic E-state index is 12.1. The number of Topliss-reactive ketones (excluding diaryl/α,β-unsaturated/α-hetero) is 1. The number of hydrogen-bond acceptors (Lipinski definition) is 8. The molecule has 2 fully saturated rings. The summed E-state index contributed by atoms with van der Waals surface area (Å²) in [5.41, 5.74) is 0.316. The summed E-state index contributed by atoms with van der Waals surface area (Å²) in [6.45, 7) is 3.65. The van der Waals surface area contributed by atoms with E-state index in [9.17, 15) is 14.7 Å². The van der Waals surface area contributed by atoms with E-state index in [0.717, 1.165) is 11.3 Å². The quantitative estimate of drug-likeness (QED) is 0.685. The van der Waals surface area contributed by atoms with Gasteiger partial charge in [-0.05, 0) is 12.7 Å². The van der Waals surface area contributed by atoms with Crippen LogP contribution >= 0.6 is 11.8 Å². The number of thioether (sulfide) groups is 1. The number of fused-ring (bicyclic) bond motifs is 1. The van der Waals surface area contributed by atoms with Crippen molar-refractivity contribution in [1.82, 2.24) is 0 Å². The molecule has 0 saturated carbocycles. The molecule has 3 unspecified atom stereocenters. The van der Waals surface area contributed by atoms with Crippen molar-refractivity contribution in [3.63, 3.8) is 0 Å². The van der Waals surface area contributed by atoms with Crippen LogP contribution < -0.4 is 0 Å². The molecule has 2 aliphatic rings. The van der Waals surface area contributed by atoms with Gasteiger partial charge in [0.2, 0.25) is 0 Å². The first-order valence-electron chi connectivity index (χ1n) is 9.45. The molecule has 154 valence electrons. The largest absolute Gasteiger partial charge is 0.456 e. The van der Waals surface area contributed by atoms with Crippen LogP contribution in [-0.4, -0.2) is 59.1 Å². The van der Waals surface area contributed by atoms with Gasteiger partial charge in [-0.15, -0.1) is 11.8 Å². The molecule has 2 saturated heterocycles. The summed E-state index contributed by atoms with van der Waals surface area (Å²) in [5, 5.41) is 10.9. The topological polar surface area (TPSA) is 91.3 Å². The summed E-state index contributed by atoms with van der Waals surface area (Å²) in [6.07, 6.45) is -3.60. The van der Waals surface area contributed by atoms with Crippen molar-refractivity contribution in [1.29, 1.82) is 0 Å². The van der Waals surface area contributed by atoms with Gasteiger partial charge in [-0.1, -0.05) is 37.3 Å². The zero-order chi connectivity index (χ0) is 20.1. The fourth-order valence-electron chi connectivity index (χ4n) is 3.26. The molecule has 2 heterocycles. The highest BCUT2D eigenvalue weighted by Crippen LogP contribution is 2.37. The summed E-state index contributed by atoms with van der Waals surface area (Å²) in [6, 6.07) is 9.44. The van der Waals surface area contributed by atoms with Crippen LogP contribution in [0.4, 0.5) is 0 Å². The lowest BCUT2D eigenvalue weighted by Gasteiger charge is -2.47. The highest BCUT2D eigenvalue weighted by atomic mass is 32.2. The smallest absolute Gasteiger partial charge is 0.306 e. The lowest BCUT2D eigenvalue weighted by molar-refractivity contribution is -0.319. The third kappa shape index (κ3) is 5.12. The molecule has 0 spiro atoms. The van der Waals surface area contributed by atoms with E-state index >= 15 is 0 Å². The zero-order valence-electron chi connectivity index (χ0n) is 16.0. The molecule has 1 aromatic rings. The van der Waals surface area contributed by atoms with Gasteiger partial charge in [0.1, 0.15) is 29.5 Å². The molecule has 1 aromatic carbocycles. The Kier molecular flexibility index (Phi) is 7.48.